The van der Waals surface area contributed by atoms with Crippen LogP contribution in [0.15, 0.2) is 29.3 Å². The molecule has 0 spiro atoms. The van der Waals surface area contributed by atoms with E-state index in [9.17, 15) is 4.79 Å². The van der Waals surface area contributed by atoms with E-state index in [0.717, 1.165) is 5.56 Å². The Labute approximate surface area is 80.5 Å². The summed E-state index contributed by atoms with van der Waals surface area (Å²) < 4.78 is 1.45. The summed E-state index contributed by atoms with van der Waals surface area (Å²) in [6.45, 7) is 1.61. The fraction of sp³-hybridized carbons (Fsp3) is 0.200. The first-order valence-corrected chi connectivity index (χ1v) is 4.31. The van der Waals surface area contributed by atoms with Crippen LogP contribution in [0.4, 0.5) is 0 Å². The van der Waals surface area contributed by atoms with Gasteiger partial charge in [0.05, 0.1) is 12.2 Å². The minimum atomic E-state index is -0.275. The van der Waals surface area contributed by atoms with Crippen molar-refractivity contribution < 1.29 is 5.11 Å². The Morgan fingerprint density at radius 3 is 3.07 bits per heavy atom. The number of aliphatic hydroxyl groups excluding tert-OH is 1. The standard InChI is InChI=1S/C10H10N2O2/c1-7-3-2-4-12-9(7)11-5-8(6-13)10(12)14/h2-5,13H,6H2,1H3. The van der Waals surface area contributed by atoms with E-state index in [1.165, 1.54) is 10.6 Å². The summed E-state index contributed by atoms with van der Waals surface area (Å²) in [5.41, 5.74) is 1.68. The van der Waals surface area contributed by atoms with Crippen LogP contribution in [0.2, 0.25) is 0 Å². The smallest absolute Gasteiger partial charge is 0.263 e. The van der Waals surface area contributed by atoms with Crippen LogP contribution < -0.4 is 5.56 Å². The monoisotopic (exact) mass is 190 g/mol. The number of hydrogen-bond acceptors (Lipinski definition) is 3. The summed E-state index contributed by atoms with van der Waals surface area (Å²) >= 11 is 0. The molecule has 1 N–H and O–H groups in total. The van der Waals surface area contributed by atoms with Gasteiger partial charge >= 0.3 is 0 Å². The molecule has 0 aliphatic carbocycles. The lowest BCUT2D eigenvalue weighted by atomic mass is 10.3. The van der Waals surface area contributed by atoms with Gasteiger partial charge < -0.3 is 5.11 Å². The van der Waals surface area contributed by atoms with Gasteiger partial charge in [-0.25, -0.2) is 4.98 Å². The second-order valence-electron chi connectivity index (χ2n) is 3.13. The van der Waals surface area contributed by atoms with Crippen LogP contribution in [-0.2, 0) is 6.61 Å². The summed E-state index contributed by atoms with van der Waals surface area (Å²) in [5, 5.41) is 8.89. The molecule has 0 fully saturated rings. The molecule has 2 aromatic heterocycles. The Morgan fingerprint density at radius 2 is 2.36 bits per heavy atom. The van der Waals surface area contributed by atoms with Crippen molar-refractivity contribution in [2.75, 3.05) is 0 Å². The quantitative estimate of drug-likeness (QED) is 0.712. The van der Waals surface area contributed by atoms with E-state index in [4.69, 9.17) is 5.11 Å². The van der Waals surface area contributed by atoms with Crippen LogP contribution in [0.5, 0.6) is 0 Å². The van der Waals surface area contributed by atoms with Crippen LogP contribution in [-0.4, -0.2) is 14.5 Å². The van der Waals surface area contributed by atoms with Gasteiger partial charge in [-0.3, -0.25) is 9.20 Å². The molecule has 4 nitrogen and oxygen atoms in total. The van der Waals surface area contributed by atoms with Crippen LogP contribution in [0, 0.1) is 6.92 Å². The average molecular weight is 190 g/mol. The molecule has 0 aliphatic rings. The molecule has 2 heterocycles. The number of aryl methyl sites for hydroxylation is 1. The van der Waals surface area contributed by atoms with Crippen molar-refractivity contribution in [2.45, 2.75) is 13.5 Å². The zero-order chi connectivity index (χ0) is 10.1. The molecule has 0 atom stereocenters. The second-order valence-corrected chi connectivity index (χ2v) is 3.13. The molecular weight excluding hydrogens is 180 g/mol. The van der Waals surface area contributed by atoms with Gasteiger partial charge in [0.2, 0.25) is 0 Å². The topological polar surface area (TPSA) is 54.6 Å². The fourth-order valence-electron chi connectivity index (χ4n) is 1.39. The van der Waals surface area contributed by atoms with Gasteiger partial charge in [-0.1, -0.05) is 6.07 Å². The maximum absolute atomic E-state index is 11.7. The predicted octanol–water partition coefficient (Wildman–Crippen LogP) is 0.495. The molecule has 2 rings (SSSR count). The Balaban J connectivity index is 2.91. The SMILES string of the molecule is Cc1cccn2c(=O)c(CO)cnc12. The normalized spacial score (nSPS) is 10.7. The van der Waals surface area contributed by atoms with E-state index in [-0.39, 0.29) is 12.2 Å². The molecule has 0 radical (unpaired) electrons. The van der Waals surface area contributed by atoms with E-state index >= 15 is 0 Å². The van der Waals surface area contributed by atoms with Crippen LogP contribution in [0.25, 0.3) is 5.65 Å². The lowest BCUT2D eigenvalue weighted by Crippen LogP contribution is -2.19. The Morgan fingerprint density at radius 1 is 1.57 bits per heavy atom. The van der Waals surface area contributed by atoms with Gasteiger partial charge in [0, 0.05) is 12.4 Å². The Bertz CT molecular complexity index is 531. The minimum Gasteiger partial charge on any atom is -0.391 e. The summed E-state index contributed by atoms with van der Waals surface area (Å²) in [7, 11) is 0. The third-order valence-corrected chi connectivity index (χ3v) is 2.17. The van der Waals surface area contributed by atoms with E-state index < -0.39 is 0 Å². The highest BCUT2D eigenvalue weighted by Gasteiger charge is 2.04. The first-order chi connectivity index (χ1) is 6.74. The van der Waals surface area contributed by atoms with Crippen LogP contribution >= 0.6 is 0 Å². The van der Waals surface area contributed by atoms with Gasteiger partial charge in [0.25, 0.3) is 5.56 Å². The van der Waals surface area contributed by atoms with Crippen molar-refractivity contribution in [3.05, 3.63) is 46.0 Å². The lowest BCUT2D eigenvalue weighted by Gasteiger charge is -2.03. The highest BCUT2D eigenvalue weighted by molar-refractivity contribution is 5.46. The molecule has 0 aliphatic heterocycles. The molecule has 72 valence electrons. The third-order valence-electron chi connectivity index (χ3n) is 2.17. The molecule has 0 unspecified atom stereocenters. The molecule has 0 amide bonds. The highest BCUT2D eigenvalue weighted by Crippen LogP contribution is 2.04. The van der Waals surface area contributed by atoms with E-state index in [2.05, 4.69) is 4.98 Å². The minimum absolute atomic E-state index is 0.207. The maximum atomic E-state index is 11.7. The first kappa shape index (κ1) is 8.90. The van der Waals surface area contributed by atoms with Crippen molar-refractivity contribution in [2.24, 2.45) is 0 Å². The van der Waals surface area contributed by atoms with Crippen molar-refractivity contribution >= 4 is 5.65 Å². The third kappa shape index (κ3) is 1.20. The zero-order valence-corrected chi connectivity index (χ0v) is 7.77. The summed E-state index contributed by atoms with van der Waals surface area (Å²) in [6, 6.07) is 3.67. The number of aliphatic hydroxyl groups is 1. The van der Waals surface area contributed by atoms with Gasteiger partial charge in [-0.15, -0.1) is 0 Å². The summed E-state index contributed by atoms with van der Waals surface area (Å²) in [4.78, 5) is 15.8. The molecule has 0 bridgehead atoms. The van der Waals surface area contributed by atoms with Crippen molar-refractivity contribution in [1.29, 1.82) is 0 Å². The lowest BCUT2D eigenvalue weighted by molar-refractivity contribution is 0.279. The van der Waals surface area contributed by atoms with Gasteiger partial charge in [0.1, 0.15) is 5.65 Å². The molecule has 14 heavy (non-hydrogen) atoms. The first-order valence-electron chi connectivity index (χ1n) is 4.31. The Hall–Kier alpha value is -1.68. The van der Waals surface area contributed by atoms with E-state index in [0.29, 0.717) is 11.2 Å². The number of fused-ring (bicyclic) bond motifs is 1. The zero-order valence-electron chi connectivity index (χ0n) is 7.77. The fourth-order valence-corrected chi connectivity index (χ4v) is 1.39. The molecule has 0 saturated heterocycles. The average Bonchev–Trinajstić information content (AvgIpc) is 2.20. The van der Waals surface area contributed by atoms with Crippen LogP contribution in [0.1, 0.15) is 11.1 Å². The summed E-state index contributed by atoms with van der Waals surface area (Å²) in [6.07, 6.45) is 3.07. The van der Waals surface area contributed by atoms with Gasteiger partial charge in [-0.2, -0.15) is 0 Å². The second kappa shape index (κ2) is 3.23. The van der Waals surface area contributed by atoms with E-state index in [1.54, 1.807) is 12.3 Å². The van der Waals surface area contributed by atoms with Crippen molar-refractivity contribution in [1.82, 2.24) is 9.38 Å². The van der Waals surface area contributed by atoms with E-state index in [1.807, 2.05) is 13.0 Å². The van der Waals surface area contributed by atoms with Gasteiger partial charge in [0.15, 0.2) is 0 Å². The van der Waals surface area contributed by atoms with Crippen LogP contribution in [0.3, 0.4) is 0 Å². The number of nitrogens with zero attached hydrogens (tertiary/aromatic N) is 2. The predicted molar refractivity (Wildman–Crippen MR) is 52.1 cm³/mol. The molecular formula is C10H10N2O2. The van der Waals surface area contributed by atoms with Crippen molar-refractivity contribution in [3.8, 4) is 0 Å². The molecule has 2 aromatic rings. The number of rotatable bonds is 1. The largest absolute Gasteiger partial charge is 0.391 e. The highest BCUT2D eigenvalue weighted by atomic mass is 16.3. The maximum Gasteiger partial charge on any atom is 0.263 e. The molecule has 4 heteroatoms. The van der Waals surface area contributed by atoms with Crippen molar-refractivity contribution in [3.63, 3.8) is 0 Å². The summed E-state index contributed by atoms with van der Waals surface area (Å²) in [5.74, 6) is 0. The molecule has 0 saturated carbocycles. The number of pyridine rings is 1. The Kier molecular flexibility index (Phi) is 2.05. The number of hydrogen-bond donors (Lipinski definition) is 1. The molecule has 0 aromatic carbocycles. The number of aromatic nitrogens is 2. The van der Waals surface area contributed by atoms with Gasteiger partial charge in [-0.05, 0) is 18.6 Å².